The second-order valence-corrected chi connectivity index (χ2v) is 6.61. The maximum absolute atomic E-state index is 12.7. The van der Waals surface area contributed by atoms with Gasteiger partial charge in [-0.25, -0.2) is 4.98 Å². The van der Waals surface area contributed by atoms with Gasteiger partial charge in [-0.1, -0.05) is 37.1 Å². The number of pyridine rings is 1. The molecule has 0 unspecified atom stereocenters. The first-order valence-corrected chi connectivity index (χ1v) is 9.35. The van der Waals surface area contributed by atoms with Crippen molar-refractivity contribution in [3.8, 4) is 5.75 Å². The van der Waals surface area contributed by atoms with E-state index in [-0.39, 0.29) is 17.5 Å². The Balaban J connectivity index is 1.67. The van der Waals surface area contributed by atoms with Crippen molar-refractivity contribution < 1.29 is 14.3 Å². The molecule has 1 aliphatic heterocycles. The lowest BCUT2D eigenvalue weighted by Gasteiger charge is -2.19. The molecule has 1 aliphatic rings. The van der Waals surface area contributed by atoms with E-state index in [1.807, 2.05) is 29.2 Å². The van der Waals surface area contributed by atoms with Crippen LogP contribution in [0.15, 0.2) is 42.5 Å². The molecule has 2 amide bonds. The molecule has 6 heteroatoms. The third-order valence-corrected chi connectivity index (χ3v) is 4.73. The Morgan fingerprint density at radius 3 is 2.44 bits per heavy atom. The van der Waals surface area contributed by atoms with Crippen LogP contribution >= 0.6 is 0 Å². The minimum Gasteiger partial charge on any atom is -0.496 e. The number of aromatic nitrogens is 1. The highest BCUT2D eigenvalue weighted by atomic mass is 16.5. The second kappa shape index (κ2) is 9.16. The molecule has 0 radical (unpaired) electrons. The first-order valence-electron chi connectivity index (χ1n) is 9.35. The maximum Gasteiger partial charge on any atom is 0.272 e. The van der Waals surface area contributed by atoms with Gasteiger partial charge in [0.05, 0.1) is 7.11 Å². The van der Waals surface area contributed by atoms with Gasteiger partial charge in [-0.2, -0.15) is 0 Å². The van der Waals surface area contributed by atoms with Gasteiger partial charge in [0.25, 0.3) is 11.8 Å². The molecular formula is C21H25N3O3. The number of likely N-dealkylation sites (tertiary alicyclic amines) is 1. The Kier molecular flexibility index (Phi) is 6.41. The molecule has 27 heavy (non-hydrogen) atoms. The average molecular weight is 367 g/mol. The van der Waals surface area contributed by atoms with Gasteiger partial charge in [-0.15, -0.1) is 0 Å². The van der Waals surface area contributed by atoms with E-state index in [1.165, 1.54) is 0 Å². The number of hydrogen-bond donors (Lipinski definition) is 1. The van der Waals surface area contributed by atoms with E-state index >= 15 is 0 Å². The van der Waals surface area contributed by atoms with E-state index < -0.39 is 0 Å². The number of para-hydroxylation sites is 1. The highest BCUT2D eigenvalue weighted by Gasteiger charge is 2.19. The van der Waals surface area contributed by atoms with Crippen LogP contribution in [0.3, 0.4) is 0 Å². The van der Waals surface area contributed by atoms with Crippen LogP contribution in [0.1, 0.15) is 52.2 Å². The predicted molar refractivity (Wildman–Crippen MR) is 103 cm³/mol. The van der Waals surface area contributed by atoms with E-state index in [9.17, 15) is 9.59 Å². The zero-order valence-corrected chi connectivity index (χ0v) is 15.6. The van der Waals surface area contributed by atoms with Crippen LogP contribution in [0.25, 0.3) is 0 Å². The summed E-state index contributed by atoms with van der Waals surface area (Å²) in [6, 6.07) is 12.5. The molecular weight excluding hydrogens is 342 g/mol. The molecule has 1 fully saturated rings. The van der Waals surface area contributed by atoms with E-state index in [0.717, 1.165) is 50.1 Å². The minimum absolute atomic E-state index is 0.101. The molecule has 1 N–H and O–H groups in total. The van der Waals surface area contributed by atoms with Gasteiger partial charge in [-0.05, 0) is 31.0 Å². The van der Waals surface area contributed by atoms with Crippen LogP contribution in [0.5, 0.6) is 5.75 Å². The number of carbonyl (C=O) groups excluding carboxylic acids is 2. The number of hydrogen-bond acceptors (Lipinski definition) is 4. The Hall–Kier alpha value is -2.89. The predicted octanol–water partition coefficient (Wildman–Crippen LogP) is 3.04. The average Bonchev–Trinajstić information content (AvgIpc) is 3.01. The molecule has 2 aromatic rings. The number of carbonyl (C=O) groups is 2. The summed E-state index contributed by atoms with van der Waals surface area (Å²) in [4.78, 5) is 31.3. The van der Waals surface area contributed by atoms with Gasteiger partial charge in [0, 0.05) is 25.2 Å². The molecule has 1 aromatic heterocycles. The zero-order chi connectivity index (χ0) is 19.1. The fraction of sp³-hybridized carbons (Fsp3) is 0.381. The Morgan fingerprint density at radius 2 is 1.70 bits per heavy atom. The summed E-state index contributed by atoms with van der Waals surface area (Å²) in [5.74, 6) is 0.304. The van der Waals surface area contributed by atoms with Crippen molar-refractivity contribution in [3.63, 3.8) is 0 Å². The van der Waals surface area contributed by atoms with Crippen LogP contribution in [0.2, 0.25) is 0 Å². The Bertz CT molecular complexity index is 799. The third kappa shape index (κ3) is 4.84. The highest BCUT2D eigenvalue weighted by Crippen LogP contribution is 2.17. The van der Waals surface area contributed by atoms with Crippen molar-refractivity contribution in [3.05, 3.63) is 59.4 Å². The molecule has 0 spiro atoms. The van der Waals surface area contributed by atoms with Crippen molar-refractivity contribution in [2.45, 2.75) is 32.2 Å². The number of nitrogens with one attached hydrogen (secondary N) is 1. The van der Waals surface area contributed by atoms with Gasteiger partial charge < -0.3 is 15.0 Å². The summed E-state index contributed by atoms with van der Waals surface area (Å²) in [6.07, 6.45) is 4.35. The van der Waals surface area contributed by atoms with Crippen molar-refractivity contribution in [1.29, 1.82) is 0 Å². The minimum atomic E-state index is -0.313. The summed E-state index contributed by atoms with van der Waals surface area (Å²) >= 11 is 0. The molecule has 1 saturated heterocycles. The van der Waals surface area contributed by atoms with Gasteiger partial charge in [0.15, 0.2) is 0 Å². The lowest BCUT2D eigenvalue weighted by molar-refractivity contribution is 0.0755. The number of nitrogens with zero attached hydrogens (tertiary/aromatic N) is 2. The van der Waals surface area contributed by atoms with E-state index in [0.29, 0.717) is 12.2 Å². The molecule has 3 rings (SSSR count). The van der Waals surface area contributed by atoms with Crippen molar-refractivity contribution in [2.75, 3.05) is 20.2 Å². The largest absolute Gasteiger partial charge is 0.496 e. The first-order chi connectivity index (χ1) is 13.2. The van der Waals surface area contributed by atoms with E-state index in [4.69, 9.17) is 4.74 Å². The molecule has 1 aromatic carbocycles. The van der Waals surface area contributed by atoms with Crippen molar-refractivity contribution >= 4 is 11.8 Å². The smallest absolute Gasteiger partial charge is 0.272 e. The van der Waals surface area contributed by atoms with Crippen LogP contribution < -0.4 is 10.1 Å². The fourth-order valence-corrected chi connectivity index (χ4v) is 3.23. The van der Waals surface area contributed by atoms with Gasteiger partial charge in [0.1, 0.15) is 17.1 Å². The SMILES string of the molecule is COc1ccccc1CNC(=O)c1cccc(C(=O)N2CCCCCC2)n1. The van der Waals surface area contributed by atoms with Gasteiger partial charge in [-0.3, -0.25) is 9.59 Å². The number of methoxy groups -OCH3 is 1. The lowest BCUT2D eigenvalue weighted by atomic mass is 10.2. The maximum atomic E-state index is 12.7. The summed E-state index contributed by atoms with van der Waals surface area (Å²) in [7, 11) is 1.60. The zero-order valence-electron chi connectivity index (χ0n) is 15.6. The topological polar surface area (TPSA) is 71.5 Å². The van der Waals surface area contributed by atoms with Crippen LogP contribution in [0, 0.1) is 0 Å². The van der Waals surface area contributed by atoms with Gasteiger partial charge >= 0.3 is 0 Å². The monoisotopic (exact) mass is 367 g/mol. The summed E-state index contributed by atoms with van der Waals surface area (Å²) in [6.45, 7) is 1.84. The normalized spacial score (nSPS) is 14.3. The fourth-order valence-electron chi connectivity index (χ4n) is 3.23. The standard InChI is InChI=1S/C21H25N3O3/c1-27-19-12-5-4-9-16(19)15-22-20(25)17-10-8-11-18(23-17)21(26)24-13-6-2-3-7-14-24/h4-5,8-12H,2-3,6-7,13-15H2,1H3,(H,22,25). The second-order valence-electron chi connectivity index (χ2n) is 6.61. The van der Waals surface area contributed by atoms with Gasteiger partial charge in [0.2, 0.25) is 0 Å². The number of ether oxygens (including phenoxy) is 1. The van der Waals surface area contributed by atoms with E-state index in [2.05, 4.69) is 10.3 Å². The lowest BCUT2D eigenvalue weighted by Crippen LogP contribution is -2.33. The number of rotatable bonds is 5. The van der Waals surface area contributed by atoms with Crippen LogP contribution in [-0.2, 0) is 6.54 Å². The number of benzene rings is 1. The first kappa shape index (κ1) is 18.9. The van der Waals surface area contributed by atoms with Crippen LogP contribution in [0.4, 0.5) is 0 Å². The summed E-state index contributed by atoms with van der Waals surface area (Å²) in [5, 5.41) is 2.84. The Morgan fingerprint density at radius 1 is 1.00 bits per heavy atom. The molecule has 0 saturated carbocycles. The number of amides is 2. The van der Waals surface area contributed by atoms with Crippen LogP contribution in [-0.4, -0.2) is 41.9 Å². The molecule has 0 aliphatic carbocycles. The van der Waals surface area contributed by atoms with E-state index in [1.54, 1.807) is 25.3 Å². The quantitative estimate of drug-likeness (QED) is 0.882. The summed E-state index contributed by atoms with van der Waals surface area (Å²) in [5.41, 5.74) is 1.44. The molecule has 2 heterocycles. The highest BCUT2D eigenvalue weighted by molar-refractivity contribution is 5.96. The third-order valence-electron chi connectivity index (χ3n) is 4.73. The molecule has 0 bridgehead atoms. The molecule has 6 nitrogen and oxygen atoms in total. The van der Waals surface area contributed by atoms with Crippen molar-refractivity contribution in [1.82, 2.24) is 15.2 Å². The summed E-state index contributed by atoms with van der Waals surface area (Å²) < 4.78 is 5.29. The molecule has 0 atom stereocenters. The molecule has 142 valence electrons. The van der Waals surface area contributed by atoms with Crippen molar-refractivity contribution in [2.24, 2.45) is 0 Å². The Labute approximate surface area is 159 Å².